The Morgan fingerprint density at radius 2 is 2.31 bits per heavy atom. The van der Waals surface area contributed by atoms with Crippen molar-refractivity contribution in [1.29, 1.82) is 0 Å². The lowest BCUT2D eigenvalue weighted by atomic mass is 10.2. The van der Waals surface area contributed by atoms with Crippen molar-refractivity contribution in [3.8, 4) is 0 Å². The maximum Gasteiger partial charge on any atom is 0.265 e. The van der Waals surface area contributed by atoms with Crippen LogP contribution in [-0.2, 0) is 0 Å². The zero-order valence-electron chi connectivity index (χ0n) is 6.65. The van der Waals surface area contributed by atoms with Crippen LogP contribution in [0, 0.1) is 5.21 Å². The normalized spacial score (nSPS) is 12.2. The van der Waals surface area contributed by atoms with Gasteiger partial charge in [-0.25, -0.2) is 11.0 Å². The maximum atomic E-state index is 11.0. The van der Waals surface area contributed by atoms with Gasteiger partial charge in [0.2, 0.25) is 0 Å². The monoisotopic (exact) mass is 183 g/mol. The Balaban J connectivity index is 2.98. The van der Waals surface area contributed by atoms with Crippen molar-refractivity contribution in [2.45, 2.75) is 0 Å². The summed E-state index contributed by atoms with van der Waals surface area (Å²) in [6.07, 6.45) is 0. The second kappa shape index (κ2) is 3.97. The van der Waals surface area contributed by atoms with E-state index in [1.165, 1.54) is 24.3 Å². The van der Waals surface area contributed by atoms with Crippen LogP contribution < -0.4 is 16.5 Å². The molecule has 1 aromatic carbocycles. The molecule has 1 amide bonds. The van der Waals surface area contributed by atoms with Gasteiger partial charge in [0.1, 0.15) is 0 Å². The minimum absolute atomic E-state index is 0.0566. The molecule has 0 heterocycles. The topological polar surface area (TPSA) is 103 Å². The van der Waals surface area contributed by atoms with E-state index in [1.54, 1.807) is 0 Å². The highest BCUT2D eigenvalue weighted by Crippen LogP contribution is 2.05. The summed E-state index contributed by atoms with van der Waals surface area (Å²) < 4.78 is 0. The molecule has 1 aromatic rings. The first-order valence-corrected chi connectivity index (χ1v) is 3.49. The van der Waals surface area contributed by atoms with E-state index in [0.717, 1.165) is 0 Å². The highest BCUT2D eigenvalue weighted by molar-refractivity contribution is 5.94. The van der Waals surface area contributed by atoms with Crippen LogP contribution in [0.4, 0.5) is 5.69 Å². The highest BCUT2D eigenvalue weighted by Gasteiger charge is 2.06. The molecule has 1 atom stereocenters. The van der Waals surface area contributed by atoms with Crippen LogP contribution in [0.1, 0.15) is 10.4 Å². The highest BCUT2D eigenvalue weighted by atomic mass is 16.8. The average Bonchev–Trinajstić information content (AvgIpc) is 2.17. The van der Waals surface area contributed by atoms with E-state index in [2.05, 4.69) is 0 Å². The summed E-state index contributed by atoms with van der Waals surface area (Å²) in [4.78, 5) is 11.0. The summed E-state index contributed by atoms with van der Waals surface area (Å²) in [6, 6.07) is 5.61. The number of nitrogen functional groups attached to an aromatic ring is 1. The molecule has 0 aliphatic heterocycles. The molecule has 0 saturated carbocycles. The van der Waals surface area contributed by atoms with Gasteiger partial charge in [0.05, 0.1) is 0 Å². The number of nitrogens with two attached hydrogens (primary N) is 1. The number of hydrogen-bond acceptors (Lipinski definition) is 4. The minimum Gasteiger partial charge on any atom is -0.595 e. The molecule has 6 nitrogen and oxygen atoms in total. The van der Waals surface area contributed by atoms with Gasteiger partial charge in [-0.15, -0.1) is 0 Å². The van der Waals surface area contributed by atoms with E-state index in [0.29, 0.717) is 0 Å². The molecule has 0 spiro atoms. The van der Waals surface area contributed by atoms with Crippen molar-refractivity contribution in [2.24, 2.45) is 5.84 Å². The molecule has 0 aliphatic rings. The summed E-state index contributed by atoms with van der Waals surface area (Å²) in [6.45, 7) is 0. The van der Waals surface area contributed by atoms with Gasteiger partial charge in [-0.2, -0.15) is 5.23 Å². The van der Waals surface area contributed by atoms with Crippen LogP contribution in [0.15, 0.2) is 24.3 Å². The second-order valence-corrected chi connectivity index (χ2v) is 2.36. The van der Waals surface area contributed by atoms with Crippen LogP contribution in [0.5, 0.6) is 0 Å². The average molecular weight is 183 g/mol. The zero-order valence-corrected chi connectivity index (χ0v) is 6.65. The zero-order chi connectivity index (χ0) is 9.84. The van der Waals surface area contributed by atoms with Crippen molar-refractivity contribution in [2.75, 3.05) is 0 Å². The molecule has 6 heteroatoms. The van der Waals surface area contributed by atoms with Gasteiger partial charge in [-0.1, -0.05) is 6.07 Å². The lowest BCUT2D eigenvalue weighted by Crippen LogP contribution is -2.99. The van der Waals surface area contributed by atoms with Gasteiger partial charge in [0.25, 0.3) is 5.91 Å². The lowest BCUT2D eigenvalue weighted by Gasteiger charge is -2.11. The van der Waals surface area contributed by atoms with Gasteiger partial charge in [-0.3, -0.25) is 10.2 Å². The first-order valence-electron chi connectivity index (χ1n) is 3.49. The Labute approximate surface area is 74.1 Å². The summed E-state index contributed by atoms with van der Waals surface area (Å²) in [5, 5.41) is 18.0. The molecular weight excluding hydrogens is 174 g/mol. The Morgan fingerprint density at radius 3 is 2.85 bits per heavy atom. The molecule has 0 aliphatic carbocycles. The molecule has 5 N–H and O–H groups in total. The van der Waals surface area contributed by atoms with Crippen LogP contribution in [0.2, 0.25) is 0 Å². The van der Waals surface area contributed by atoms with Crippen LogP contribution in [0.3, 0.4) is 0 Å². The summed E-state index contributed by atoms with van der Waals surface area (Å²) in [7, 11) is 0. The third-order valence-electron chi connectivity index (χ3n) is 1.50. The number of carbonyl (C=O) groups excluding carboxylic acids is 1. The van der Waals surface area contributed by atoms with Crippen molar-refractivity contribution in [3.63, 3.8) is 0 Å². The molecule has 1 unspecified atom stereocenters. The molecule has 0 saturated heterocycles. The van der Waals surface area contributed by atoms with Crippen LogP contribution in [0.25, 0.3) is 0 Å². The Hall–Kier alpha value is -1.47. The fourth-order valence-electron chi connectivity index (χ4n) is 0.877. The number of nitrogens with one attached hydrogen (secondary N) is 2. The predicted octanol–water partition coefficient (Wildman–Crippen LogP) is -1.31. The van der Waals surface area contributed by atoms with Gasteiger partial charge < -0.3 is 5.21 Å². The second-order valence-electron chi connectivity index (χ2n) is 2.36. The lowest BCUT2D eigenvalue weighted by molar-refractivity contribution is -0.991. The van der Waals surface area contributed by atoms with E-state index in [4.69, 9.17) is 11.0 Å². The fourth-order valence-corrected chi connectivity index (χ4v) is 0.877. The molecule has 0 bridgehead atoms. The van der Waals surface area contributed by atoms with E-state index in [9.17, 15) is 10.0 Å². The molecule has 0 radical (unpaired) electrons. The van der Waals surface area contributed by atoms with Gasteiger partial charge in [0, 0.05) is 17.7 Å². The third kappa shape index (κ3) is 2.23. The largest absolute Gasteiger partial charge is 0.595 e. The van der Waals surface area contributed by atoms with Crippen LogP contribution in [-0.4, -0.2) is 11.1 Å². The molecule has 13 heavy (non-hydrogen) atoms. The van der Waals surface area contributed by atoms with Crippen LogP contribution >= 0.6 is 0 Å². The Kier molecular flexibility index (Phi) is 2.93. The van der Waals surface area contributed by atoms with E-state index in [1.807, 2.05) is 5.43 Å². The smallest absolute Gasteiger partial charge is 0.265 e. The number of hydrogen-bond donors (Lipinski definition) is 4. The molecule has 0 aromatic heterocycles. The molecule has 0 fully saturated rings. The van der Waals surface area contributed by atoms with E-state index >= 15 is 0 Å². The minimum atomic E-state index is -1.08. The quantitative estimate of drug-likeness (QED) is 0.260. The standard InChI is InChI=1S/C7H9N3O3/c8-9-7(11)5-2-1-3-6(4-5)10(12)13/h1-4,10,12H,8H2,(H,9,11). The first-order chi connectivity index (χ1) is 6.15. The number of hydrazine groups is 1. The maximum absolute atomic E-state index is 11.0. The van der Waals surface area contributed by atoms with Gasteiger partial charge >= 0.3 is 0 Å². The van der Waals surface area contributed by atoms with Crippen molar-refractivity contribution in [1.82, 2.24) is 5.43 Å². The predicted molar refractivity (Wildman–Crippen MR) is 43.9 cm³/mol. The van der Waals surface area contributed by atoms with Crippen molar-refractivity contribution < 1.29 is 15.2 Å². The van der Waals surface area contributed by atoms with Crippen molar-refractivity contribution in [3.05, 3.63) is 35.0 Å². The van der Waals surface area contributed by atoms with Gasteiger partial charge in [0.15, 0.2) is 5.69 Å². The van der Waals surface area contributed by atoms with Gasteiger partial charge in [-0.05, 0) is 6.07 Å². The fraction of sp³-hybridized carbons (Fsp3) is 0. The first kappa shape index (κ1) is 9.62. The van der Waals surface area contributed by atoms with E-state index < -0.39 is 11.1 Å². The summed E-state index contributed by atoms with van der Waals surface area (Å²) in [5.41, 5.74) is 2.20. The summed E-state index contributed by atoms with van der Waals surface area (Å²) in [5.74, 6) is 4.37. The number of carbonyl (C=O) groups is 1. The number of benzene rings is 1. The molecule has 70 valence electrons. The summed E-state index contributed by atoms with van der Waals surface area (Å²) >= 11 is 0. The van der Waals surface area contributed by atoms with E-state index in [-0.39, 0.29) is 11.3 Å². The Bertz CT molecular complexity index is 314. The third-order valence-corrected chi connectivity index (χ3v) is 1.50. The SMILES string of the molecule is NNC(=O)c1cccc([NH+]([O-])O)c1. The molecule has 1 rings (SSSR count). The molecular formula is C7H9N3O3. The number of rotatable bonds is 2. The number of amides is 1. The number of quaternary nitrogens is 1. The Morgan fingerprint density at radius 1 is 1.62 bits per heavy atom. The van der Waals surface area contributed by atoms with Crippen molar-refractivity contribution >= 4 is 11.6 Å².